The lowest BCUT2D eigenvalue weighted by Crippen LogP contribution is -1.95. The Kier molecular flexibility index (Phi) is 3.83. The number of hydrogen-bond acceptors (Lipinski definition) is 4. The molecule has 28 heavy (non-hydrogen) atoms. The smallest absolute Gasteiger partial charge is 0.161 e. The molecule has 0 unspecified atom stereocenters. The van der Waals surface area contributed by atoms with Crippen molar-refractivity contribution >= 4 is 32.6 Å². The molecule has 4 aromatic carbocycles. The lowest BCUT2D eigenvalue weighted by Gasteiger charge is -2.14. The Bertz CT molecular complexity index is 1330. The van der Waals surface area contributed by atoms with E-state index in [1.807, 2.05) is 60.8 Å². The van der Waals surface area contributed by atoms with Crippen LogP contribution in [0, 0.1) is 0 Å². The highest BCUT2D eigenvalue weighted by molar-refractivity contribution is 6.23. The molecule has 0 spiro atoms. The fraction of sp³-hybridized carbons (Fsp3) is 0.0833. The highest BCUT2D eigenvalue weighted by atomic mass is 16.5. The van der Waals surface area contributed by atoms with Crippen LogP contribution in [0.3, 0.4) is 0 Å². The minimum absolute atomic E-state index is 0.679. The van der Waals surface area contributed by atoms with Crippen molar-refractivity contribution in [3.8, 4) is 22.8 Å². The maximum absolute atomic E-state index is 5.55. The third-order valence-electron chi connectivity index (χ3n) is 5.09. The molecular weight excluding hydrogens is 348 g/mol. The fourth-order valence-electron chi connectivity index (χ4n) is 3.74. The van der Waals surface area contributed by atoms with E-state index in [1.54, 1.807) is 14.2 Å². The number of ether oxygens (including phenoxy) is 2. The number of benzene rings is 4. The van der Waals surface area contributed by atoms with Crippen molar-refractivity contribution in [3.05, 3.63) is 72.9 Å². The minimum Gasteiger partial charge on any atom is -0.493 e. The first kappa shape index (κ1) is 16.5. The van der Waals surface area contributed by atoms with Gasteiger partial charge in [-0.15, -0.1) is 0 Å². The normalized spacial score (nSPS) is 11.2. The zero-order valence-electron chi connectivity index (χ0n) is 15.6. The van der Waals surface area contributed by atoms with Gasteiger partial charge in [0.15, 0.2) is 11.5 Å². The molecule has 0 aliphatic carbocycles. The highest BCUT2D eigenvalue weighted by Gasteiger charge is 2.15. The summed E-state index contributed by atoms with van der Waals surface area (Å²) in [5.41, 5.74) is 3.63. The van der Waals surface area contributed by atoms with E-state index in [4.69, 9.17) is 19.4 Å². The van der Waals surface area contributed by atoms with Crippen LogP contribution in [0.15, 0.2) is 72.9 Å². The molecular formula is C24H18N2O2. The molecule has 0 saturated heterocycles. The van der Waals surface area contributed by atoms with E-state index in [0.717, 1.165) is 43.8 Å². The zero-order chi connectivity index (χ0) is 19.1. The van der Waals surface area contributed by atoms with E-state index in [9.17, 15) is 0 Å². The van der Waals surface area contributed by atoms with Gasteiger partial charge in [0.05, 0.1) is 37.1 Å². The van der Waals surface area contributed by atoms with Gasteiger partial charge in [0.2, 0.25) is 0 Å². The van der Waals surface area contributed by atoms with Crippen molar-refractivity contribution in [2.75, 3.05) is 14.2 Å². The summed E-state index contributed by atoms with van der Waals surface area (Å²) in [6, 6.07) is 22.4. The second-order valence-corrected chi connectivity index (χ2v) is 6.62. The summed E-state index contributed by atoms with van der Waals surface area (Å²) in [7, 11) is 3.30. The van der Waals surface area contributed by atoms with Crippen molar-refractivity contribution in [2.24, 2.45) is 0 Å². The number of nitrogens with zero attached hydrogens (tertiary/aromatic N) is 2. The Morgan fingerprint density at radius 3 is 2.00 bits per heavy atom. The number of fused-ring (bicyclic) bond motifs is 6. The van der Waals surface area contributed by atoms with E-state index in [2.05, 4.69) is 12.1 Å². The average Bonchev–Trinajstić information content (AvgIpc) is 2.78. The molecule has 5 rings (SSSR count). The molecule has 136 valence electrons. The molecule has 0 fully saturated rings. The summed E-state index contributed by atoms with van der Waals surface area (Å²) < 4.78 is 11.1. The van der Waals surface area contributed by atoms with Crippen LogP contribution in [0.2, 0.25) is 0 Å². The van der Waals surface area contributed by atoms with Gasteiger partial charge in [-0.2, -0.15) is 0 Å². The first-order valence-electron chi connectivity index (χ1n) is 9.09. The van der Waals surface area contributed by atoms with Gasteiger partial charge in [-0.25, -0.2) is 4.98 Å². The van der Waals surface area contributed by atoms with Crippen LogP contribution in [0.25, 0.3) is 43.8 Å². The van der Waals surface area contributed by atoms with Gasteiger partial charge in [0, 0.05) is 16.3 Å². The molecule has 0 radical (unpaired) electrons. The van der Waals surface area contributed by atoms with Gasteiger partial charge in [-0.1, -0.05) is 54.6 Å². The first-order chi connectivity index (χ1) is 13.8. The molecule has 0 N–H and O–H groups in total. The van der Waals surface area contributed by atoms with Crippen LogP contribution < -0.4 is 9.47 Å². The zero-order valence-corrected chi connectivity index (χ0v) is 15.6. The third kappa shape index (κ3) is 2.46. The second-order valence-electron chi connectivity index (χ2n) is 6.62. The number of methoxy groups -OCH3 is 2. The molecule has 0 bridgehead atoms. The molecule has 5 aromatic rings. The number of aromatic nitrogens is 2. The van der Waals surface area contributed by atoms with Crippen molar-refractivity contribution in [1.82, 2.24) is 9.97 Å². The van der Waals surface area contributed by atoms with Gasteiger partial charge in [-0.3, -0.25) is 4.98 Å². The average molecular weight is 366 g/mol. The Labute approximate surface area is 162 Å². The summed E-state index contributed by atoms with van der Waals surface area (Å²) in [6.07, 6.45) is 1.84. The lowest BCUT2D eigenvalue weighted by atomic mass is 9.98. The van der Waals surface area contributed by atoms with Crippen LogP contribution >= 0.6 is 0 Å². The molecule has 4 nitrogen and oxygen atoms in total. The summed E-state index contributed by atoms with van der Waals surface area (Å²) in [5.74, 6) is 1.38. The van der Waals surface area contributed by atoms with Crippen molar-refractivity contribution in [1.29, 1.82) is 0 Å². The molecule has 0 amide bonds. The van der Waals surface area contributed by atoms with Crippen molar-refractivity contribution < 1.29 is 9.47 Å². The van der Waals surface area contributed by atoms with E-state index in [-0.39, 0.29) is 0 Å². The summed E-state index contributed by atoms with van der Waals surface area (Å²) in [5, 5.41) is 4.26. The molecule has 0 aliphatic heterocycles. The third-order valence-corrected chi connectivity index (χ3v) is 5.09. The topological polar surface area (TPSA) is 44.2 Å². The second kappa shape index (κ2) is 6.50. The van der Waals surface area contributed by atoms with Gasteiger partial charge < -0.3 is 9.47 Å². The molecule has 4 heteroatoms. The van der Waals surface area contributed by atoms with Crippen LogP contribution in [0.4, 0.5) is 0 Å². The monoisotopic (exact) mass is 366 g/mol. The maximum atomic E-state index is 5.55. The standard InChI is InChI=1S/C24H18N2O2/c1-27-21-12-18-16-10-6-7-11-17(16)23-24(19(18)13-22(21)28-2)26-20(14-25-23)15-8-4-3-5-9-15/h3-14H,1-2H3. The van der Waals surface area contributed by atoms with Crippen LogP contribution in [0.1, 0.15) is 0 Å². The molecule has 0 atom stereocenters. The predicted octanol–water partition coefficient (Wildman–Crippen LogP) is 5.62. The predicted molar refractivity (Wildman–Crippen MR) is 113 cm³/mol. The van der Waals surface area contributed by atoms with E-state index in [1.165, 1.54) is 0 Å². The van der Waals surface area contributed by atoms with Gasteiger partial charge >= 0.3 is 0 Å². The van der Waals surface area contributed by atoms with Gasteiger partial charge in [0.25, 0.3) is 0 Å². The van der Waals surface area contributed by atoms with E-state index >= 15 is 0 Å². The van der Waals surface area contributed by atoms with Gasteiger partial charge in [0.1, 0.15) is 0 Å². The molecule has 1 aromatic heterocycles. The van der Waals surface area contributed by atoms with Crippen LogP contribution in [-0.2, 0) is 0 Å². The fourth-order valence-corrected chi connectivity index (χ4v) is 3.74. The Morgan fingerprint density at radius 2 is 1.29 bits per heavy atom. The maximum Gasteiger partial charge on any atom is 0.161 e. The van der Waals surface area contributed by atoms with Crippen LogP contribution in [0.5, 0.6) is 11.5 Å². The Morgan fingerprint density at radius 1 is 0.643 bits per heavy atom. The molecule has 0 aliphatic rings. The molecule has 1 heterocycles. The first-order valence-corrected chi connectivity index (χ1v) is 9.09. The summed E-state index contributed by atoms with van der Waals surface area (Å²) in [4.78, 5) is 9.80. The Balaban J connectivity index is 1.96. The van der Waals surface area contributed by atoms with E-state index < -0.39 is 0 Å². The minimum atomic E-state index is 0.679. The Hall–Kier alpha value is -3.66. The van der Waals surface area contributed by atoms with E-state index in [0.29, 0.717) is 11.5 Å². The van der Waals surface area contributed by atoms with Crippen molar-refractivity contribution in [3.63, 3.8) is 0 Å². The molecule has 0 saturated carbocycles. The lowest BCUT2D eigenvalue weighted by molar-refractivity contribution is 0.356. The number of rotatable bonds is 3. The summed E-state index contributed by atoms with van der Waals surface area (Å²) >= 11 is 0. The quantitative estimate of drug-likeness (QED) is 0.389. The van der Waals surface area contributed by atoms with Crippen LogP contribution in [-0.4, -0.2) is 24.2 Å². The largest absolute Gasteiger partial charge is 0.493 e. The SMILES string of the molecule is COc1cc2c3ccccc3c3ncc(-c4ccccc4)nc3c2cc1OC. The van der Waals surface area contributed by atoms with Crippen molar-refractivity contribution in [2.45, 2.75) is 0 Å². The number of hydrogen-bond donors (Lipinski definition) is 0. The van der Waals surface area contributed by atoms with Gasteiger partial charge in [-0.05, 0) is 22.9 Å². The summed E-state index contributed by atoms with van der Waals surface area (Å²) in [6.45, 7) is 0. The highest BCUT2D eigenvalue weighted by Crippen LogP contribution is 2.40.